The highest BCUT2D eigenvalue weighted by Gasteiger charge is 2.17. The maximum Gasteiger partial charge on any atom is 0.337 e. The van der Waals surface area contributed by atoms with Crippen LogP contribution in [0.25, 0.3) is 0 Å². The largest absolute Gasteiger partial charge is 0.478 e. The molecule has 304 valence electrons. The van der Waals surface area contributed by atoms with E-state index in [4.69, 9.17) is 5.11 Å². The van der Waals surface area contributed by atoms with Crippen LogP contribution in [0.15, 0.2) is 114 Å². The molecule has 12 nitrogen and oxygen atoms in total. The lowest BCUT2D eigenvalue weighted by Crippen LogP contribution is -2.04. The Bertz CT molecular complexity index is 2570. The number of rotatable bonds is 10. The third-order valence-electron chi connectivity index (χ3n) is 8.44. The molecule has 6 aromatic rings. The lowest BCUT2D eigenvalue weighted by atomic mass is 10.1. The highest BCUT2D eigenvalue weighted by atomic mass is 127. The van der Waals surface area contributed by atoms with Gasteiger partial charge in [0, 0.05) is 40.8 Å². The second-order valence-electron chi connectivity index (χ2n) is 12.9. The quantitative estimate of drug-likeness (QED) is 0.0435. The monoisotopic (exact) mass is 1090 g/mol. The molecule has 16 heteroatoms. The van der Waals surface area contributed by atoms with Gasteiger partial charge < -0.3 is 31.3 Å². The Hall–Kier alpha value is -5.60. The third-order valence-corrected chi connectivity index (χ3v) is 10.3. The van der Waals surface area contributed by atoms with Crippen molar-refractivity contribution in [2.45, 2.75) is 27.7 Å². The van der Waals surface area contributed by atoms with E-state index in [1.165, 1.54) is 30.3 Å². The fourth-order valence-electron chi connectivity index (χ4n) is 5.42. The summed E-state index contributed by atoms with van der Waals surface area (Å²) in [5.41, 5.74) is 7.42. The van der Waals surface area contributed by atoms with Crippen molar-refractivity contribution in [2.75, 3.05) is 16.0 Å². The number of benzene rings is 6. The minimum absolute atomic E-state index is 0.0152. The summed E-state index contributed by atoms with van der Waals surface area (Å²) in [6.07, 6.45) is 0. The molecular formula is C43H36BrFI2N4O8. The molecule has 6 rings (SSSR count). The van der Waals surface area contributed by atoms with Crippen LogP contribution in [0.5, 0.6) is 0 Å². The van der Waals surface area contributed by atoms with Crippen LogP contribution < -0.4 is 16.0 Å². The van der Waals surface area contributed by atoms with Gasteiger partial charge in [0.25, 0.3) is 5.69 Å². The molecule has 0 spiro atoms. The van der Waals surface area contributed by atoms with Gasteiger partial charge in [-0.3, -0.25) is 10.1 Å². The summed E-state index contributed by atoms with van der Waals surface area (Å²) in [4.78, 5) is 43.8. The average Bonchev–Trinajstić information content (AvgIpc) is 3.16. The smallest absolute Gasteiger partial charge is 0.337 e. The molecule has 0 fully saturated rings. The molecule has 0 amide bonds. The molecule has 6 aromatic carbocycles. The Morgan fingerprint density at radius 1 is 0.559 bits per heavy atom. The molecule has 0 heterocycles. The first-order chi connectivity index (χ1) is 27.8. The van der Waals surface area contributed by atoms with Gasteiger partial charge in [0.05, 0.1) is 38.7 Å². The SMILES string of the molecule is Cc1cc(Br)ccc1Nc1cc(F)ccc1C(=O)O.Cc1cc(I)ccc1Nc1cc([N+](=O)[O-])ccc1C(=O)O.Cc1ccc(Nc2ccc(I)cc2C)c(C(=O)O)c1. The van der Waals surface area contributed by atoms with Crippen molar-refractivity contribution in [1.82, 2.24) is 0 Å². The van der Waals surface area contributed by atoms with Crippen LogP contribution in [-0.2, 0) is 0 Å². The van der Waals surface area contributed by atoms with Crippen molar-refractivity contribution in [2.24, 2.45) is 0 Å². The highest BCUT2D eigenvalue weighted by molar-refractivity contribution is 14.1. The molecule has 0 unspecified atom stereocenters. The van der Waals surface area contributed by atoms with Crippen LogP contribution in [0.3, 0.4) is 0 Å². The number of aryl methyl sites for hydroxylation is 4. The lowest BCUT2D eigenvalue weighted by molar-refractivity contribution is -0.384. The molecule has 0 aliphatic carbocycles. The van der Waals surface area contributed by atoms with E-state index in [-0.39, 0.29) is 33.8 Å². The molecule has 0 aromatic heterocycles. The summed E-state index contributed by atoms with van der Waals surface area (Å²) in [6, 6.07) is 29.7. The Kier molecular flexibility index (Phi) is 16.3. The highest BCUT2D eigenvalue weighted by Crippen LogP contribution is 2.30. The Morgan fingerprint density at radius 2 is 1.00 bits per heavy atom. The predicted octanol–water partition coefficient (Wildman–Crippen LogP) is 12.6. The van der Waals surface area contributed by atoms with Gasteiger partial charge in [-0.25, -0.2) is 18.8 Å². The van der Waals surface area contributed by atoms with Crippen LogP contribution in [0.4, 0.5) is 44.2 Å². The summed E-state index contributed by atoms with van der Waals surface area (Å²) >= 11 is 7.78. The number of nitro benzene ring substituents is 1. The number of carboxylic acids is 3. The molecule has 0 aliphatic heterocycles. The van der Waals surface area contributed by atoms with Gasteiger partial charge in [-0.05, 0) is 181 Å². The Labute approximate surface area is 374 Å². The number of carbonyl (C=O) groups is 3. The standard InChI is InChI=1S/C15H14INO2.C14H11BrFNO2.C14H11IN2O4/c1-9-3-5-14(12(7-9)15(18)19)17-13-6-4-11(16)8-10(13)2;1-8-6-9(15)2-5-12(8)17-13-7-10(16)3-4-11(13)14(18)19;1-8-6-9(15)2-5-12(8)16-13-7-10(17(20)21)3-4-11(13)14(18)19/h3-8,17H,1-2H3,(H,18,19);2-7,17H,1H3,(H,18,19);2-7,16H,1H3,(H,18,19). The van der Waals surface area contributed by atoms with Gasteiger partial charge in [0.2, 0.25) is 0 Å². The first-order valence-electron chi connectivity index (χ1n) is 17.3. The second kappa shape index (κ2) is 20.9. The van der Waals surface area contributed by atoms with Crippen LogP contribution in [0.2, 0.25) is 0 Å². The summed E-state index contributed by atoms with van der Waals surface area (Å²) in [7, 11) is 0. The van der Waals surface area contributed by atoms with Gasteiger partial charge in [-0.1, -0.05) is 27.6 Å². The van der Waals surface area contributed by atoms with Crippen LogP contribution in [0, 0.1) is 50.8 Å². The topological polar surface area (TPSA) is 191 Å². The van der Waals surface area contributed by atoms with Crippen molar-refractivity contribution < 1.29 is 39.0 Å². The number of carboxylic acid groups (broad SMARTS) is 3. The fourth-order valence-corrected chi connectivity index (χ4v) is 7.19. The summed E-state index contributed by atoms with van der Waals surface area (Å²) in [5.74, 6) is -3.65. The van der Waals surface area contributed by atoms with Crippen molar-refractivity contribution in [3.63, 3.8) is 0 Å². The van der Waals surface area contributed by atoms with E-state index in [9.17, 15) is 39.1 Å². The number of aromatic carboxylic acids is 3. The van der Waals surface area contributed by atoms with E-state index in [2.05, 4.69) is 83.1 Å². The maximum absolute atomic E-state index is 13.2. The van der Waals surface area contributed by atoms with Gasteiger partial charge in [-0.15, -0.1) is 0 Å². The number of halogens is 4. The zero-order valence-corrected chi connectivity index (χ0v) is 37.6. The molecule has 0 bridgehead atoms. The number of nitrogens with zero attached hydrogens (tertiary/aromatic N) is 1. The van der Waals surface area contributed by atoms with Gasteiger partial charge in [0.1, 0.15) is 5.82 Å². The summed E-state index contributed by atoms with van der Waals surface area (Å²) in [5, 5.41) is 47.4. The second-order valence-corrected chi connectivity index (χ2v) is 16.3. The first kappa shape index (κ1) is 46.1. The molecular weight excluding hydrogens is 1050 g/mol. The van der Waals surface area contributed by atoms with Crippen molar-refractivity contribution >= 4 is 119 Å². The Morgan fingerprint density at radius 3 is 1.47 bits per heavy atom. The van der Waals surface area contributed by atoms with Crippen molar-refractivity contribution in [1.29, 1.82) is 0 Å². The molecule has 0 aliphatic rings. The van der Waals surface area contributed by atoms with Crippen molar-refractivity contribution in [3.05, 3.63) is 176 Å². The molecule has 0 atom stereocenters. The number of nitro groups is 1. The zero-order valence-electron chi connectivity index (χ0n) is 31.7. The lowest BCUT2D eigenvalue weighted by Gasteiger charge is -2.12. The molecule has 59 heavy (non-hydrogen) atoms. The number of hydrogen-bond acceptors (Lipinski definition) is 8. The Balaban J connectivity index is 0.000000196. The normalized spacial score (nSPS) is 10.2. The minimum atomic E-state index is -1.14. The van der Waals surface area contributed by atoms with Gasteiger partial charge in [0.15, 0.2) is 0 Å². The van der Waals surface area contributed by atoms with Crippen molar-refractivity contribution in [3.8, 4) is 0 Å². The van der Waals surface area contributed by atoms with Crippen LogP contribution in [0.1, 0.15) is 53.3 Å². The third kappa shape index (κ3) is 13.2. The summed E-state index contributed by atoms with van der Waals surface area (Å²) < 4.78 is 16.4. The number of non-ortho nitro benzene ring substituents is 1. The fraction of sp³-hybridized carbons (Fsp3) is 0.0930. The maximum atomic E-state index is 13.2. The van der Waals surface area contributed by atoms with E-state index in [0.717, 1.165) is 51.3 Å². The number of anilines is 6. The molecule has 0 radical (unpaired) electrons. The van der Waals surface area contributed by atoms with E-state index in [1.807, 2.05) is 76.2 Å². The first-order valence-corrected chi connectivity index (χ1v) is 20.3. The van der Waals surface area contributed by atoms with E-state index in [0.29, 0.717) is 11.4 Å². The zero-order chi connectivity index (χ0) is 43.6. The molecule has 6 N–H and O–H groups in total. The van der Waals surface area contributed by atoms with Crippen LogP contribution in [-0.4, -0.2) is 38.2 Å². The summed E-state index contributed by atoms with van der Waals surface area (Å²) in [6.45, 7) is 7.64. The molecule has 0 saturated heterocycles. The van der Waals surface area contributed by atoms with Gasteiger partial charge >= 0.3 is 17.9 Å². The van der Waals surface area contributed by atoms with Crippen LogP contribution >= 0.6 is 61.1 Å². The number of hydrogen-bond donors (Lipinski definition) is 6. The van der Waals surface area contributed by atoms with Gasteiger partial charge in [-0.2, -0.15) is 0 Å². The van der Waals surface area contributed by atoms with E-state index < -0.39 is 28.6 Å². The predicted molar refractivity (Wildman–Crippen MR) is 248 cm³/mol. The van der Waals surface area contributed by atoms with E-state index >= 15 is 0 Å². The average molecular weight is 1090 g/mol. The number of nitrogens with one attached hydrogen (secondary N) is 3. The minimum Gasteiger partial charge on any atom is -0.478 e. The molecule has 0 saturated carbocycles. The van der Waals surface area contributed by atoms with E-state index in [1.54, 1.807) is 18.2 Å².